The monoisotopic (exact) mass is 306 g/mol. The highest BCUT2D eigenvalue weighted by atomic mass is 16.6. The molecule has 1 N–H and O–H groups in total. The first kappa shape index (κ1) is 17.5. The van der Waals surface area contributed by atoms with Gasteiger partial charge in [0.15, 0.2) is 12.7 Å². The highest BCUT2D eigenvalue weighted by molar-refractivity contribution is 5.93. The molecule has 118 valence electrons. The summed E-state index contributed by atoms with van der Waals surface area (Å²) in [5.41, 5.74) is 0.904. The van der Waals surface area contributed by atoms with E-state index < -0.39 is 24.6 Å². The van der Waals surface area contributed by atoms with Crippen LogP contribution in [0.4, 0.5) is 5.88 Å². The second-order valence-electron chi connectivity index (χ2n) is 4.52. The zero-order valence-corrected chi connectivity index (χ0v) is 12.8. The molecule has 0 saturated carbocycles. The van der Waals surface area contributed by atoms with Gasteiger partial charge in [-0.25, -0.2) is 4.79 Å². The lowest BCUT2D eigenvalue weighted by Crippen LogP contribution is -2.28. The second kappa shape index (κ2) is 8.00. The van der Waals surface area contributed by atoms with Gasteiger partial charge in [-0.15, -0.1) is 6.58 Å². The molecule has 7 nitrogen and oxygen atoms in total. The van der Waals surface area contributed by atoms with Crippen LogP contribution in [0.25, 0.3) is 0 Å². The first-order valence-corrected chi connectivity index (χ1v) is 6.59. The number of hydrogen-bond acceptors (Lipinski definition) is 6. The van der Waals surface area contributed by atoms with Gasteiger partial charge in [0.2, 0.25) is 5.88 Å². The van der Waals surface area contributed by atoms with Crippen molar-refractivity contribution < 1.29 is 23.5 Å². The average molecular weight is 306 g/mol. The van der Waals surface area contributed by atoms with Gasteiger partial charge in [0.1, 0.15) is 17.4 Å². The molecule has 1 atom stereocenters. The first-order chi connectivity index (χ1) is 10.4. The first-order valence-electron chi connectivity index (χ1n) is 6.59. The third-order valence-electron chi connectivity index (χ3n) is 2.89. The van der Waals surface area contributed by atoms with Gasteiger partial charge in [-0.1, -0.05) is 6.08 Å². The molecule has 0 fully saturated rings. The topological polar surface area (TPSA) is 102 Å². The summed E-state index contributed by atoms with van der Waals surface area (Å²) in [5, 5.41) is 11.4. The van der Waals surface area contributed by atoms with E-state index in [1.807, 2.05) is 6.07 Å². The van der Waals surface area contributed by atoms with Gasteiger partial charge in [-0.2, -0.15) is 5.26 Å². The lowest BCUT2D eigenvalue weighted by Gasteiger charge is -2.11. The van der Waals surface area contributed by atoms with Crippen molar-refractivity contribution in [2.24, 2.45) is 0 Å². The molecule has 1 amide bonds. The van der Waals surface area contributed by atoms with E-state index in [4.69, 9.17) is 19.2 Å². The number of nitrogens with one attached hydrogen (secondary N) is 1. The van der Waals surface area contributed by atoms with Crippen molar-refractivity contribution in [3.8, 4) is 6.07 Å². The molecule has 0 aromatic carbocycles. The number of nitrogens with zero attached hydrogens (tertiary/aromatic N) is 1. The third-order valence-corrected chi connectivity index (χ3v) is 2.89. The number of hydrogen-bond donors (Lipinski definition) is 1. The highest BCUT2D eigenvalue weighted by Crippen LogP contribution is 2.25. The molecule has 22 heavy (non-hydrogen) atoms. The number of amides is 1. The summed E-state index contributed by atoms with van der Waals surface area (Å²) in [6, 6.07) is 1.95. The minimum absolute atomic E-state index is 0.0505. The highest BCUT2D eigenvalue weighted by Gasteiger charge is 2.19. The van der Waals surface area contributed by atoms with Crippen LogP contribution < -0.4 is 5.32 Å². The minimum Gasteiger partial charge on any atom is -0.454 e. The zero-order chi connectivity index (χ0) is 16.7. The lowest BCUT2D eigenvalue weighted by molar-refractivity contribution is -0.157. The normalized spacial score (nSPS) is 11.4. The maximum Gasteiger partial charge on any atom is 0.335 e. The van der Waals surface area contributed by atoms with Gasteiger partial charge in [0.05, 0.1) is 6.61 Å². The third kappa shape index (κ3) is 4.46. The smallest absolute Gasteiger partial charge is 0.335 e. The number of carbonyl (C=O) groups excluding carboxylic acids is 2. The summed E-state index contributed by atoms with van der Waals surface area (Å²) in [6.45, 7) is 8.08. The van der Waals surface area contributed by atoms with Gasteiger partial charge >= 0.3 is 5.97 Å². The number of ether oxygens (including phenoxy) is 2. The summed E-state index contributed by atoms with van der Waals surface area (Å²) in [4.78, 5) is 23.3. The number of aryl methyl sites for hydroxylation is 1. The van der Waals surface area contributed by atoms with Gasteiger partial charge in [-0.05, 0) is 20.8 Å². The van der Waals surface area contributed by atoms with E-state index in [9.17, 15) is 9.59 Å². The number of carbonyl (C=O) groups is 2. The van der Waals surface area contributed by atoms with E-state index in [0.29, 0.717) is 11.3 Å². The fraction of sp³-hybridized carbons (Fsp3) is 0.400. The molecule has 0 saturated heterocycles. The summed E-state index contributed by atoms with van der Waals surface area (Å²) < 4.78 is 15.2. The Morgan fingerprint density at radius 3 is 2.77 bits per heavy atom. The Morgan fingerprint density at radius 1 is 1.50 bits per heavy atom. The predicted octanol–water partition coefficient (Wildman–Crippen LogP) is 1.84. The van der Waals surface area contributed by atoms with Crippen LogP contribution >= 0.6 is 0 Å². The summed E-state index contributed by atoms with van der Waals surface area (Å²) in [5.74, 6) is -0.677. The zero-order valence-electron chi connectivity index (χ0n) is 12.8. The SMILES string of the molecule is C=CCOC(C)C(=O)OCC(=O)Nc1oc(C)c(C)c1C#N. The molecule has 0 spiro atoms. The molecule has 0 radical (unpaired) electrons. The van der Waals surface area contributed by atoms with Gasteiger partial charge in [0.25, 0.3) is 5.91 Å². The standard InChI is InChI=1S/C15H18N2O5/c1-5-6-20-11(4)15(19)21-8-13(18)17-14-12(7-16)9(2)10(3)22-14/h5,11H,1,6,8H2,2-4H3,(H,17,18). The van der Waals surface area contributed by atoms with Crippen molar-refractivity contribution in [1.82, 2.24) is 0 Å². The summed E-state index contributed by atoms with van der Waals surface area (Å²) >= 11 is 0. The lowest BCUT2D eigenvalue weighted by atomic mass is 10.2. The Bertz CT molecular complexity index is 612. The fourth-order valence-electron chi connectivity index (χ4n) is 1.55. The molecular formula is C15H18N2O5. The van der Waals surface area contributed by atoms with E-state index >= 15 is 0 Å². The van der Waals surface area contributed by atoms with Crippen molar-refractivity contribution in [1.29, 1.82) is 5.26 Å². The van der Waals surface area contributed by atoms with E-state index in [1.54, 1.807) is 13.8 Å². The van der Waals surface area contributed by atoms with E-state index in [1.165, 1.54) is 13.0 Å². The molecule has 1 rings (SSSR count). The largest absolute Gasteiger partial charge is 0.454 e. The van der Waals surface area contributed by atoms with Gasteiger partial charge in [-0.3, -0.25) is 10.1 Å². The van der Waals surface area contributed by atoms with Crippen molar-refractivity contribution in [3.05, 3.63) is 29.5 Å². The Kier molecular flexibility index (Phi) is 6.35. The molecule has 0 aliphatic rings. The van der Waals surface area contributed by atoms with Gasteiger partial charge in [0, 0.05) is 5.56 Å². The number of nitriles is 1. The molecule has 0 bridgehead atoms. The van der Waals surface area contributed by atoms with Crippen LogP contribution in [-0.2, 0) is 19.1 Å². The van der Waals surface area contributed by atoms with E-state index in [2.05, 4.69) is 11.9 Å². The Balaban J connectivity index is 2.54. The molecular weight excluding hydrogens is 288 g/mol. The number of esters is 1. The minimum atomic E-state index is -0.798. The maximum atomic E-state index is 11.7. The molecule has 1 heterocycles. The molecule has 1 aromatic heterocycles. The van der Waals surface area contributed by atoms with E-state index in [0.717, 1.165) is 0 Å². The maximum absolute atomic E-state index is 11.7. The second-order valence-corrected chi connectivity index (χ2v) is 4.52. The van der Waals surface area contributed by atoms with Crippen LogP contribution in [0.5, 0.6) is 0 Å². The molecule has 0 aliphatic heterocycles. The quantitative estimate of drug-likeness (QED) is 0.609. The van der Waals surface area contributed by atoms with Crippen LogP contribution in [0.3, 0.4) is 0 Å². The molecule has 1 unspecified atom stereocenters. The van der Waals surface area contributed by atoms with Crippen LogP contribution in [-0.4, -0.2) is 31.2 Å². The van der Waals surface area contributed by atoms with Crippen LogP contribution in [0.15, 0.2) is 17.1 Å². The van der Waals surface area contributed by atoms with E-state index in [-0.39, 0.29) is 18.1 Å². The van der Waals surface area contributed by atoms with Crippen LogP contribution in [0.1, 0.15) is 23.8 Å². The Hall–Kier alpha value is -2.59. The van der Waals surface area contributed by atoms with Gasteiger partial charge < -0.3 is 13.9 Å². The Morgan fingerprint density at radius 2 is 2.18 bits per heavy atom. The van der Waals surface area contributed by atoms with Crippen molar-refractivity contribution in [3.63, 3.8) is 0 Å². The number of rotatable bonds is 7. The summed E-state index contributed by atoms with van der Waals surface area (Å²) in [6.07, 6.45) is 0.704. The average Bonchev–Trinajstić information content (AvgIpc) is 2.76. The van der Waals surface area contributed by atoms with Crippen LogP contribution in [0, 0.1) is 25.2 Å². The number of furan rings is 1. The van der Waals surface area contributed by atoms with Crippen molar-refractivity contribution in [2.75, 3.05) is 18.5 Å². The predicted molar refractivity (Wildman–Crippen MR) is 78.1 cm³/mol. The summed E-state index contributed by atoms with van der Waals surface area (Å²) in [7, 11) is 0. The van der Waals surface area contributed by atoms with Crippen LogP contribution in [0.2, 0.25) is 0 Å². The van der Waals surface area contributed by atoms with Crippen molar-refractivity contribution in [2.45, 2.75) is 26.9 Å². The number of anilines is 1. The fourth-order valence-corrected chi connectivity index (χ4v) is 1.55. The van der Waals surface area contributed by atoms with Crippen molar-refractivity contribution >= 4 is 17.8 Å². The molecule has 7 heteroatoms. The molecule has 0 aliphatic carbocycles. The Labute approximate surface area is 128 Å². The molecule has 1 aromatic rings.